The number of benzene rings is 2. The third-order valence-electron chi connectivity index (χ3n) is 3.71. The molecule has 0 radical (unpaired) electrons. The molecular weight excluding hydrogens is 413 g/mol. The molecule has 2 amide bonds. The van der Waals surface area contributed by atoms with E-state index in [0.717, 1.165) is 24.3 Å². The number of halogens is 1. The molecule has 8 nitrogen and oxygen atoms in total. The van der Waals surface area contributed by atoms with Crippen LogP contribution in [0.25, 0.3) is 0 Å². The Hall–Kier alpha value is -2.98. The summed E-state index contributed by atoms with van der Waals surface area (Å²) in [7, 11) is -3.84. The topological polar surface area (TPSA) is 114 Å². The summed E-state index contributed by atoms with van der Waals surface area (Å²) in [5.74, 6) is -0.753. The molecule has 0 saturated carbocycles. The predicted octanol–water partition coefficient (Wildman–Crippen LogP) is 3.34. The Kier molecular flexibility index (Phi) is 8.31. The number of carbonyl (C=O) groups excluding carboxylic acids is 2. The molecule has 0 aromatic heterocycles. The molecule has 2 rings (SSSR count). The lowest BCUT2D eigenvalue weighted by atomic mass is 10.2. The minimum atomic E-state index is -3.84. The minimum absolute atomic E-state index is 0.0903. The van der Waals surface area contributed by atoms with E-state index in [1.165, 1.54) is 0 Å². The molecule has 30 heavy (non-hydrogen) atoms. The van der Waals surface area contributed by atoms with Crippen molar-refractivity contribution in [1.29, 1.82) is 0 Å². The van der Waals surface area contributed by atoms with Crippen molar-refractivity contribution in [2.45, 2.75) is 25.2 Å². The zero-order valence-corrected chi connectivity index (χ0v) is 17.5. The number of anilines is 2. The summed E-state index contributed by atoms with van der Waals surface area (Å²) in [5, 5.41) is 5.19. The Labute approximate surface area is 174 Å². The highest BCUT2D eigenvalue weighted by atomic mass is 32.2. The van der Waals surface area contributed by atoms with Crippen LogP contribution in [0.3, 0.4) is 0 Å². The quantitative estimate of drug-likeness (QED) is 0.557. The van der Waals surface area contributed by atoms with Gasteiger partial charge in [-0.15, -0.1) is 0 Å². The van der Waals surface area contributed by atoms with Crippen molar-refractivity contribution in [2.24, 2.45) is 5.92 Å². The van der Waals surface area contributed by atoms with Gasteiger partial charge in [0, 0.05) is 24.3 Å². The van der Waals surface area contributed by atoms with Gasteiger partial charge in [-0.1, -0.05) is 19.9 Å². The van der Waals surface area contributed by atoms with Gasteiger partial charge in [0.1, 0.15) is 5.82 Å². The van der Waals surface area contributed by atoms with Crippen LogP contribution in [0.4, 0.5) is 20.6 Å². The Morgan fingerprint density at radius 3 is 2.30 bits per heavy atom. The normalized spacial score (nSPS) is 11.2. The Balaban J connectivity index is 1.83. The van der Waals surface area contributed by atoms with Crippen LogP contribution in [-0.4, -0.2) is 33.6 Å². The summed E-state index contributed by atoms with van der Waals surface area (Å²) < 4.78 is 44.4. The van der Waals surface area contributed by atoms with E-state index in [2.05, 4.69) is 15.4 Å². The van der Waals surface area contributed by atoms with Gasteiger partial charge in [0.2, 0.25) is 15.9 Å². The zero-order valence-electron chi connectivity index (χ0n) is 16.6. The Bertz CT molecular complexity index is 978. The average Bonchev–Trinajstić information content (AvgIpc) is 2.67. The highest BCUT2D eigenvalue weighted by Crippen LogP contribution is 2.16. The second-order valence-corrected chi connectivity index (χ2v) is 8.61. The monoisotopic (exact) mass is 437 g/mol. The van der Waals surface area contributed by atoms with E-state index in [4.69, 9.17) is 4.74 Å². The first-order chi connectivity index (χ1) is 14.2. The van der Waals surface area contributed by atoms with Crippen LogP contribution in [0.15, 0.2) is 53.4 Å². The van der Waals surface area contributed by atoms with Crippen molar-refractivity contribution in [3.63, 3.8) is 0 Å². The fourth-order valence-electron chi connectivity index (χ4n) is 2.29. The van der Waals surface area contributed by atoms with E-state index >= 15 is 0 Å². The lowest BCUT2D eigenvalue weighted by molar-refractivity contribution is -0.116. The second kappa shape index (κ2) is 10.7. The summed E-state index contributed by atoms with van der Waals surface area (Å²) in [6.07, 6.45) is -0.712. The fraction of sp³-hybridized carbons (Fsp3) is 0.300. The average molecular weight is 437 g/mol. The van der Waals surface area contributed by atoms with Gasteiger partial charge in [-0.2, -0.15) is 0 Å². The minimum Gasteiger partial charge on any atom is -0.449 e. The van der Waals surface area contributed by atoms with Crippen molar-refractivity contribution in [2.75, 3.05) is 23.8 Å². The molecule has 0 bridgehead atoms. The van der Waals surface area contributed by atoms with E-state index in [1.807, 2.05) is 13.8 Å². The Morgan fingerprint density at radius 1 is 1.03 bits per heavy atom. The molecule has 3 N–H and O–H groups in total. The molecule has 0 atom stereocenters. The van der Waals surface area contributed by atoms with Crippen LogP contribution < -0.4 is 15.4 Å². The number of hydrogen-bond acceptors (Lipinski definition) is 5. The van der Waals surface area contributed by atoms with Gasteiger partial charge >= 0.3 is 6.09 Å². The number of amides is 2. The highest BCUT2D eigenvalue weighted by Gasteiger charge is 2.14. The van der Waals surface area contributed by atoms with Gasteiger partial charge in [-0.3, -0.25) is 10.1 Å². The molecule has 2 aromatic rings. The summed E-state index contributed by atoms with van der Waals surface area (Å²) in [6.45, 7) is 3.99. The van der Waals surface area contributed by atoms with Gasteiger partial charge in [0.05, 0.1) is 11.5 Å². The van der Waals surface area contributed by atoms with E-state index in [9.17, 15) is 22.4 Å². The van der Waals surface area contributed by atoms with Crippen LogP contribution in [0, 0.1) is 11.7 Å². The van der Waals surface area contributed by atoms with Crippen LogP contribution in [-0.2, 0) is 19.6 Å². The first-order valence-electron chi connectivity index (χ1n) is 9.24. The largest absolute Gasteiger partial charge is 0.449 e. The zero-order chi connectivity index (χ0) is 22.1. The van der Waals surface area contributed by atoms with Crippen molar-refractivity contribution in [3.05, 3.63) is 54.3 Å². The molecule has 0 aliphatic carbocycles. The summed E-state index contributed by atoms with van der Waals surface area (Å²) in [6, 6.07) is 10.8. The van der Waals surface area contributed by atoms with Gasteiger partial charge in [0.25, 0.3) is 0 Å². The molecule has 162 valence electrons. The fourth-order valence-corrected chi connectivity index (χ4v) is 3.32. The highest BCUT2D eigenvalue weighted by molar-refractivity contribution is 7.89. The van der Waals surface area contributed by atoms with Crippen LogP contribution in [0.1, 0.15) is 20.3 Å². The van der Waals surface area contributed by atoms with Gasteiger partial charge in [-0.05, 0) is 48.4 Å². The molecule has 0 saturated heterocycles. The van der Waals surface area contributed by atoms with Crippen molar-refractivity contribution in [1.82, 2.24) is 4.72 Å². The lowest BCUT2D eigenvalue weighted by Gasteiger charge is -2.11. The van der Waals surface area contributed by atoms with E-state index in [0.29, 0.717) is 11.4 Å². The predicted molar refractivity (Wildman–Crippen MR) is 111 cm³/mol. The van der Waals surface area contributed by atoms with Crippen LogP contribution in [0.5, 0.6) is 0 Å². The van der Waals surface area contributed by atoms with E-state index in [-0.39, 0.29) is 30.4 Å². The van der Waals surface area contributed by atoms with Crippen LogP contribution >= 0.6 is 0 Å². The number of rotatable bonds is 9. The molecule has 0 unspecified atom stereocenters. The number of carbonyl (C=O) groups is 2. The molecule has 0 spiro atoms. The summed E-state index contributed by atoms with van der Waals surface area (Å²) in [5.41, 5.74) is 0.877. The van der Waals surface area contributed by atoms with Gasteiger partial charge in [-0.25, -0.2) is 22.3 Å². The van der Waals surface area contributed by atoms with Crippen molar-refractivity contribution >= 4 is 33.4 Å². The molecular formula is C20H24FN3O5S. The third kappa shape index (κ3) is 7.80. The van der Waals surface area contributed by atoms with Crippen molar-refractivity contribution in [3.8, 4) is 0 Å². The smallest absolute Gasteiger partial charge is 0.411 e. The number of ether oxygens (including phenoxy) is 1. The summed E-state index contributed by atoms with van der Waals surface area (Å²) >= 11 is 0. The second-order valence-electron chi connectivity index (χ2n) is 6.85. The number of nitrogens with one attached hydrogen (secondary N) is 3. The number of sulfonamides is 1. The lowest BCUT2D eigenvalue weighted by Crippen LogP contribution is -2.27. The first-order valence-corrected chi connectivity index (χ1v) is 10.7. The van der Waals surface area contributed by atoms with Crippen LogP contribution in [0.2, 0.25) is 0 Å². The summed E-state index contributed by atoms with van der Waals surface area (Å²) in [4.78, 5) is 23.7. The molecule has 0 aliphatic rings. The van der Waals surface area contributed by atoms with Gasteiger partial charge < -0.3 is 10.1 Å². The third-order valence-corrected chi connectivity index (χ3v) is 5.19. The van der Waals surface area contributed by atoms with Gasteiger partial charge in [0.15, 0.2) is 0 Å². The number of hydrogen-bond donors (Lipinski definition) is 3. The Morgan fingerprint density at radius 2 is 1.67 bits per heavy atom. The maximum Gasteiger partial charge on any atom is 0.411 e. The maximum absolute atomic E-state index is 12.9. The van der Waals surface area contributed by atoms with E-state index in [1.54, 1.807) is 24.3 Å². The van der Waals surface area contributed by atoms with E-state index < -0.39 is 27.8 Å². The molecule has 0 fully saturated rings. The first kappa shape index (κ1) is 23.3. The molecule has 0 heterocycles. The standard InChI is InChI=1S/C20H24FN3O5S/c1-14(2)13-29-20(26)24-17-5-3-4-16(12-17)23-19(25)10-11-22-30(27,28)18-8-6-15(21)7-9-18/h3-9,12,14,22H,10-11,13H2,1-2H3,(H,23,25)(H,24,26). The molecule has 10 heteroatoms. The molecule has 0 aliphatic heterocycles. The SMILES string of the molecule is CC(C)COC(=O)Nc1cccc(NC(=O)CCNS(=O)(=O)c2ccc(F)cc2)c1. The van der Waals surface area contributed by atoms with Crippen molar-refractivity contribution < 1.29 is 27.1 Å². The maximum atomic E-state index is 12.9. The molecule has 2 aromatic carbocycles.